The van der Waals surface area contributed by atoms with Crippen LogP contribution in [0.1, 0.15) is 44.8 Å². The van der Waals surface area contributed by atoms with E-state index >= 15 is 0 Å². The van der Waals surface area contributed by atoms with Crippen molar-refractivity contribution >= 4 is 5.65 Å². The molecule has 0 spiro atoms. The molecule has 0 aliphatic carbocycles. The van der Waals surface area contributed by atoms with Crippen molar-refractivity contribution in [2.75, 3.05) is 6.61 Å². The molecule has 0 unspecified atom stereocenters. The van der Waals surface area contributed by atoms with Crippen LogP contribution in [0.25, 0.3) is 5.65 Å². The van der Waals surface area contributed by atoms with Gasteiger partial charge in [-0.05, 0) is 20.3 Å². The van der Waals surface area contributed by atoms with Crippen LogP contribution < -0.4 is 4.74 Å². The number of halogens is 1. The number of hydrogen-bond donors (Lipinski definition) is 0. The van der Waals surface area contributed by atoms with Crippen molar-refractivity contribution in [3.8, 4) is 5.88 Å². The lowest BCUT2D eigenvalue weighted by molar-refractivity contribution is 0.0196. The normalized spacial score (nSPS) is 28.4. The first-order chi connectivity index (χ1) is 10.6. The number of imidazole rings is 1. The van der Waals surface area contributed by atoms with E-state index in [1.165, 1.54) is 0 Å². The van der Waals surface area contributed by atoms with Gasteiger partial charge in [-0.2, -0.15) is 10.1 Å². The molecule has 1 aliphatic rings. The summed E-state index contributed by atoms with van der Waals surface area (Å²) in [6.45, 7) is 8.02. The van der Waals surface area contributed by atoms with E-state index in [-0.39, 0.29) is 12.0 Å². The summed E-state index contributed by atoms with van der Waals surface area (Å²) >= 11 is 0. The van der Waals surface area contributed by atoms with Crippen LogP contribution in [-0.2, 0) is 4.74 Å². The van der Waals surface area contributed by atoms with Gasteiger partial charge >= 0.3 is 0 Å². The molecule has 0 N–H and O–H groups in total. The number of rotatable bonds is 4. The first kappa shape index (κ1) is 15.1. The summed E-state index contributed by atoms with van der Waals surface area (Å²) in [4.78, 5) is 8.54. The number of fused-ring (bicyclic) bond motifs is 1. The summed E-state index contributed by atoms with van der Waals surface area (Å²) < 4.78 is 27.6. The minimum atomic E-state index is -1.07. The molecule has 2 aromatic heterocycles. The summed E-state index contributed by atoms with van der Waals surface area (Å²) in [6.07, 6.45) is 0.579. The molecule has 0 radical (unpaired) electrons. The van der Waals surface area contributed by atoms with Gasteiger partial charge in [-0.1, -0.05) is 13.8 Å². The number of aromatic nitrogens is 4. The van der Waals surface area contributed by atoms with Crippen LogP contribution in [0.5, 0.6) is 5.88 Å². The number of hydrogen-bond acceptors (Lipinski definition) is 5. The molecule has 6 nitrogen and oxygen atoms in total. The number of alkyl halides is 1. The number of ether oxygens (including phenoxy) is 2. The van der Waals surface area contributed by atoms with Crippen molar-refractivity contribution in [3.05, 3.63) is 17.7 Å². The van der Waals surface area contributed by atoms with Crippen molar-refractivity contribution in [2.24, 2.45) is 5.92 Å². The van der Waals surface area contributed by atoms with Crippen LogP contribution in [0.4, 0.5) is 4.39 Å². The van der Waals surface area contributed by atoms with Crippen molar-refractivity contribution in [1.29, 1.82) is 0 Å². The minimum absolute atomic E-state index is 0.0835. The fraction of sp³-hybridized carbons (Fsp3) is 0.667. The third kappa shape index (κ3) is 2.33. The van der Waals surface area contributed by atoms with E-state index in [9.17, 15) is 4.39 Å². The lowest BCUT2D eigenvalue weighted by atomic mass is 9.97. The first-order valence-electron chi connectivity index (χ1n) is 7.71. The predicted molar refractivity (Wildman–Crippen MR) is 78.7 cm³/mol. The van der Waals surface area contributed by atoms with Gasteiger partial charge in [-0.25, -0.2) is 13.9 Å². The molecule has 22 heavy (non-hydrogen) atoms. The van der Waals surface area contributed by atoms with Crippen molar-refractivity contribution in [1.82, 2.24) is 19.6 Å². The second-order valence-corrected chi connectivity index (χ2v) is 5.62. The Morgan fingerprint density at radius 1 is 1.41 bits per heavy atom. The van der Waals surface area contributed by atoms with Gasteiger partial charge < -0.3 is 9.47 Å². The molecule has 1 aliphatic heterocycles. The van der Waals surface area contributed by atoms with Crippen molar-refractivity contribution < 1.29 is 13.9 Å². The quantitative estimate of drug-likeness (QED) is 0.869. The smallest absolute Gasteiger partial charge is 0.261 e. The third-order valence-electron chi connectivity index (χ3n) is 4.14. The SMILES string of the molecule is CCOc1nc(C)nn2c([C@@H]3O[C@H](CC)[C@@H](C)[C@H]3F)cnc12. The summed E-state index contributed by atoms with van der Waals surface area (Å²) in [5.74, 6) is 0.813. The average molecular weight is 308 g/mol. The second kappa shape index (κ2) is 5.79. The molecule has 0 amide bonds. The molecular formula is C15H21FN4O2. The minimum Gasteiger partial charge on any atom is -0.475 e. The summed E-state index contributed by atoms with van der Waals surface area (Å²) in [5, 5.41) is 4.35. The highest BCUT2D eigenvalue weighted by Gasteiger charge is 2.43. The maximum Gasteiger partial charge on any atom is 0.261 e. The molecule has 1 fully saturated rings. The standard InChI is InChI=1S/C15H21FN4O2/c1-5-11-8(3)12(16)13(22-11)10-7-17-14-15(21-6-2)18-9(4)19-20(10)14/h7-8,11-13H,5-6H2,1-4H3/t8-,11-,12-,13+/m1/s1. The fourth-order valence-electron chi connectivity index (χ4n) is 2.97. The predicted octanol–water partition coefficient (Wildman–Crippen LogP) is 2.66. The summed E-state index contributed by atoms with van der Waals surface area (Å²) in [7, 11) is 0. The molecule has 4 atom stereocenters. The Bertz CT molecular complexity index is 675. The molecule has 3 heterocycles. The van der Waals surface area contributed by atoms with Crippen LogP contribution in [0.15, 0.2) is 6.20 Å². The van der Waals surface area contributed by atoms with E-state index < -0.39 is 12.3 Å². The summed E-state index contributed by atoms with van der Waals surface area (Å²) in [6, 6.07) is 0. The molecule has 2 aromatic rings. The van der Waals surface area contributed by atoms with Gasteiger partial charge in [-0.15, -0.1) is 0 Å². The van der Waals surface area contributed by atoms with Crippen LogP contribution >= 0.6 is 0 Å². The maximum absolute atomic E-state index is 14.6. The largest absolute Gasteiger partial charge is 0.475 e. The van der Waals surface area contributed by atoms with E-state index in [2.05, 4.69) is 15.1 Å². The molecule has 7 heteroatoms. The lowest BCUT2D eigenvalue weighted by Crippen LogP contribution is -2.18. The molecule has 0 aromatic carbocycles. The Balaban J connectivity index is 2.05. The third-order valence-corrected chi connectivity index (χ3v) is 4.14. The van der Waals surface area contributed by atoms with Crippen LogP contribution in [0.3, 0.4) is 0 Å². The van der Waals surface area contributed by atoms with Gasteiger partial charge in [0.25, 0.3) is 5.88 Å². The zero-order valence-corrected chi connectivity index (χ0v) is 13.3. The lowest BCUT2D eigenvalue weighted by Gasteiger charge is -2.13. The number of nitrogens with zero attached hydrogens (tertiary/aromatic N) is 4. The van der Waals surface area contributed by atoms with Crippen molar-refractivity contribution in [3.63, 3.8) is 0 Å². The molecule has 0 bridgehead atoms. The van der Waals surface area contributed by atoms with E-state index in [4.69, 9.17) is 9.47 Å². The van der Waals surface area contributed by atoms with Crippen molar-refractivity contribution in [2.45, 2.75) is 52.5 Å². The highest BCUT2D eigenvalue weighted by Crippen LogP contribution is 2.40. The fourth-order valence-corrected chi connectivity index (χ4v) is 2.97. The molecule has 1 saturated heterocycles. The van der Waals surface area contributed by atoms with Gasteiger partial charge in [0.1, 0.15) is 18.1 Å². The topological polar surface area (TPSA) is 61.5 Å². The number of aryl methyl sites for hydroxylation is 1. The first-order valence-corrected chi connectivity index (χ1v) is 7.71. The highest BCUT2D eigenvalue weighted by molar-refractivity contribution is 5.49. The highest BCUT2D eigenvalue weighted by atomic mass is 19.1. The van der Waals surface area contributed by atoms with E-state index in [1.807, 2.05) is 20.8 Å². The molecule has 120 valence electrons. The summed E-state index contributed by atoms with van der Waals surface area (Å²) in [5.41, 5.74) is 1.10. The van der Waals surface area contributed by atoms with Gasteiger partial charge in [0, 0.05) is 5.92 Å². The van der Waals surface area contributed by atoms with Gasteiger partial charge in [-0.3, -0.25) is 0 Å². The Kier molecular flexibility index (Phi) is 3.99. The van der Waals surface area contributed by atoms with E-state index in [0.717, 1.165) is 6.42 Å². The molecular weight excluding hydrogens is 287 g/mol. The second-order valence-electron chi connectivity index (χ2n) is 5.62. The average Bonchev–Trinajstić information content (AvgIpc) is 3.02. The Hall–Kier alpha value is -1.76. The van der Waals surface area contributed by atoms with Crippen LogP contribution in [0.2, 0.25) is 0 Å². The van der Waals surface area contributed by atoms with Crippen LogP contribution in [0, 0.1) is 12.8 Å². The Labute approximate surface area is 128 Å². The zero-order valence-electron chi connectivity index (χ0n) is 13.3. The maximum atomic E-state index is 14.6. The van der Waals surface area contributed by atoms with E-state index in [1.54, 1.807) is 17.6 Å². The van der Waals surface area contributed by atoms with Crippen LogP contribution in [-0.4, -0.2) is 38.5 Å². The van der Waals surface area contributed by atoms with E-state index in [0.29, 0.717) is 29.7 Å². The van der Waals surface area contributed by atoms with Gasteiger partial charge in [0.2, 0.25) is 5.65 Å². The van der Waals surface area contributed by atoms with Gasteiger partial charge in [0.15, 0.2) is 0 Å². The monoisotopic (exact) mass is 308 g/mol. The Morgan fingerprint density at radius 3 is 2.82 bits per heavy atom. The molecule has 3 rings (SSSR count). The molecule has 0 saturated carbocycles. The zero-order chi connectivity index (χ0) is 15.9. The van der Waals surface area contributed by atoms with Gasteiger partial charge in [0.05, 0.1) is 24.6 Å². The Morgan fingerprint density at radius 2 is 2.18 bits per heavy atom.